The van der Waals surface area contributed by atoms with E-state index in [0.29, 0.717) is 6.04 Å². The number of hydrazine groups is 1. The van der Waals surface area contributed by atoms with Gasteiger partial charge in [0, 0.05) is 10.9 Å². The van der Waals surface area contributed by atoms with E-state index in [-0.39, 0.29) is 0 Å². The summed E-state index contributed by atoms with van der Waals surface area (Å²) in [7, 11) is 0. The Kier molecular flexibility index (Phi) is 7.49. The zero-order valence-electron chi connectivity index (χ0n) is 11.2. The summed E-state index contributed by atoms with van der Waals surface area (Å²) in [6.45, 7) is 4.40. The molecule has 0 saturated carbocycles. The van der Waals surface area contributed by atoms with Crippen LogP contribution in [0.15, 0.2) is 11.4 Å². The van der Waals surface area contributed by atoms with Gasteiger partial charge in [0.1, 0.15) is 0 Å². The van der Waals surface area contributed by atoms with E-state index in [1.54, 1.807) is 11.3 Å². The summed E-state index contributed by atoms with van der Waals surface area (Å²) in [5.41, 5.74) is 4.29. The van der Waals surface area contributed by atoms with E-state index in [1.807, 2.05) is 0 Å². The van der Waals surface area contributed by atoms with E-state index in [2.05, 4.69) is 30.7 Å². The van der Waals surface area contributed by atoms with Crippen LogP contribution in [0.5, 0.6) is 0 Å². The molecule has 2 nitrogen and oxygen atoms in total. The zero-order chi connectivity index (χ0) is 12.5. The first-order chi connectivity index (χ1) is 8.27. The first kappa shape index (κ1) is 14.7. The molecule has 1 unspecified atom stereocenters. The normalized spacial score (nSPS) is 12.9. The summed E-state index contributed by atoms with van der Waals surface area (Å²) in [6, 6.07) is 2.58. The molecule has 0 spiro atoms. The molecular weight excluding hydrogens is 228 g/mol. The molecule has 1 aromatic heterocycles. The minimum atomic E-state index is 0.339. The topological polar surface area (TPSA) is 38.0 Å². The molecule has 0 aromatic carbocycles. The molecule has 3 heteroatoms. The van der Waals surface area contributed by atoms with E-state index in [9.17, 15) is 0 Å². The number of nitrogens with two attached hydrogens (primary N) is 1. The van der Waals surface area contributed by atoms with Gasteiger partial charge in [-0.15, -0.1) is 11.3 Å². The Morgan fingerprint density at radius 2 is 1.94 bits per heavy atom. The largest absolute Gasteiger partial charge is 0.271 e. The maximum absolute atomic E-state index is 5.63. The third kappa shape index (κ3) is 5.66. The number of hydrogen-bond acceptors (Lipinski definition) is 3. The third-order valence-corrected chi connectivity index (χ3v) is 4.08. The summed E-state index contributed by atoms with van der Waals surface area (Å²) >= 11 is 1.80. The number of rotatable bonds is 9. The van der Waals surface area contributed by atoms with Crippen LogP contribution in [-0.4, -0.2) is 0 Å². The van der Waals surface area contributed by atoms with Crippen molar-refractivity contribution in [2.45, 2.75) is 64.8 Å². The highest BCUT2D eigenvalue weighted by molar-refractivity contribution is 7.10. The summed E-state index contributed by atoms with van der Waals surface area (Å²) in [6.07, 6.45) is 9.21. The lowest BCUT2D eigenvalue weighted by Crippen LogP contribution is -2.27. The van der Waals surface area contributed by atoms with Crippen molar-refractivity contribution >= 4 is 11.3 Å². The predicted molar refractivity (Wildman–Crippen MR) is 77.1 cm³/mol. The molecule has 1 rings (SSSR count). The second-order valence-corrected chi connectivity index (χ2v) is 5.88. The third-order valence-electron chi connectivity index (χ3n) is 3.20. The highest BCUT2D eigenvalue weighted by Crippen LogP contribution is 2.24. The molecule has 0 bridgehead atoms. The second kappa shape index (κ2) is 8.67. The van der Waals surface area contributed by atoms with Crippen LogP contribution in [0.25, 0.3) is 0 Å². The molecule has 0 aliphatic rings. The Morgan fingerprint density at radius 3 is 2.53 bits per heavy atom. The van der Waals surface area contributed by atoms with Crippen LogP contribution in [0.3, 0.4) is 0 Å². The smallest absolute Gasteiger partial charge is 0.0468 e. The van der Waals surface area contributed by atoms with Gasteiger partial charge in [0.05, 0.1) is 0 Å². The van der Waals surface area contributed by atoms with Gasteiger partial charge in [-0.3, -0.25) is 11.3 Å². The molecule has 1 atom stereocenters. The van der Waals surface area contributed by atoms with Gasteiger partial charge in [-0.25, -0.2) is 0 Å². The van der Waals surface area contributed by atoms with E-state index < -0.39 is 0 Å². The van der Waals surface area contributed by atoms with E-state index in [4.69, 9.17) is 5.84 Å². The molecule has 1 aromatic rings. The van der Waals surface area contributed by atoms with Crippen LogP contribution < -0.4 is 11.3 Å². The minimum Gasteiger partial charge on any atom is -0.271 e. The van der Waals surface area contributed by atoms with Gasteiger partial charge in [-0.05, 0) is 30.4 Å². The lowest BCUT2D eigenvalue weighted by molar-refractivity contribution is 0.478. The molecule has 0 amide bonds. The summed E-state index contributed by atoms with van der Waals surface area (Å²) in [5.74, 6) is 5.63. The summed E-state index contributed by atoms with van der Waals surface area (Å²) < 4.78 is 0. The van der Waals surface area contributed by atoms with Crippen molar-refractivity contribution < 1.29 is 0 Å². The minimum absolute atomic E-state index is 0.339. The standard InChI is InChI=1S/C14H26N2S/c1-3-4-5-6-7-8-9-14(16-15)13-10-12(2)17-11-13/h10-11,14,16H,3-9,15H2,1-2H3. The fraction of sp³-hybridized carbons (Fsp3) is 0.714. The number of aryl methyl sites for hydroxylation is 1. The van der Waals surface area contributed by atoms with Gasteiger partial charge in [0.2, 0.25) is 0 Å². The highest BCUT2D eigenvalue weighted by atomic mass is 32.1. The van der Waals surface area contributed by atoms with Crippen molar-refractivity contribution in [3.8, 4) is 0 Å². The van der Waals surface area contributed by atoms with E-state index in [1.165, 1.54) is 49.0 Å². The Labute approximate surface area is 110 Å². The van der Waals surface area contributed by atoms with Gasteiger partial charge < -0.3 is 0 Å². The molecule has 0 aliphatic carbocycles. The van der Waals surface area contributed by atoms with Crippen molar-refractivity contribution in [1.29, 1.82) is 0 Å². The molecule has 17 heavy (non-hydrogen) atoms. The van der Waals surface area contributed by atoms with Crippen molar-refractivity contribution in [2.75, 3.05) is 0 Å². The monoisotopic (exact) mass is 254 g/mol. The molecule has 0 aliphatic heterocycles. The van der Waals surface area contributed by atoms with Crippen LogP contribution in [0.2, 0.25) is 0 Å². The fourth-order valence-electron chi connectivity index (χ4n) is 2.12. The molecule has 1 heterocycles. The van der Waals surface area contributed by atoms with Crippen molar-refractivity contribution in [1.82, 2.24) is 5.43 Å². The van der Waals surface area contributed by atoms with Crippen molar-refractivity contribution in [3.63, 3.8) is 0 Å². The molecule has 98 valence electrons. The quantitative estimate of drug-likeness (QED) is 0.391. The molecule has 0 saturated heterocycles. The number of unbranched alkanes of at least 4 members (excludes halogenated alkanes) is 5. The van der Waals surface area contributed by atoms with E-state index >= 15 is 0 Å². The fourth-order valence-corrected chi connectivity index (χ4v) is 2.88. The van der Waals surface area contributed by atoms with Crippen LogP contribution in [0.4, 0.5) is 0 Å². The van der Waals surface area contributed by atoms with Gasteiger partial charge >= 0.3 is 0 Å². The number of thiophene rings is 1. The van der Waals surface area contributed by atoms with Crippen LogP contribution in [0, 0.1) is 6.92 Å². The second-order valence-electron chi connectivity index (χ2n) is 4.77. The van der Waals surface area contributed by atoms with Gasteiger partial charge in [-0.2, -0.15) is 0 Å². The summed E-state index contributed by atoms with van der Waals surface area (Å²) in [4.78, 5) is 1.36. The molecule has 0 fully saturated rings. The van der Waals surface area contributed by atoms with Crippen LogP contribution in [-0.2, 0) is 0 Å². The average molecular weight is 254 g/mol. The number of nitrogens with one attached hydrogen (secondary N) is 1. The van der Waals surface area contributed by atoms with Gasteiger partial charge in [-0.1, -0.05) is 45.4 Å². The maximum atomic E-state index is 5.63. The number of hydrogen-bond donors (Lipinski definition) is 2. The Hall–Kier alpha value is -0.380. The highest BCUT2D eigenvalue weighted by Gasteiger charge is 2.10. The zero-order valence-corrected chi connectivity index (χ0v) is 12.0. The van der Waals surface area contributed by atoms with Gasteiger partial charge in [0.15, 0.2) is 0 Å². The molecule has 0 radical (unpaired) electrons. The maximum Gasteiger partial charge on any atom is 0.0468 e. The lowest BCUT2D eigenvalue weighted by Gasteiger charge is -2.14. The summed E-state index contributed by atoms with van der Waals surface area (Å²) in [5, 5.41) is 2.22. The lowest BCUT2D eigenvalue weighted by atomic mass is 10.0. The van der Waals surface area contributed by atoms with Gasteiger partial charge in [0.25, 0.3) is 0 Å². The van der Waals surface area contributed by atoms with Crippen molar-refractivity contribution in [3.05, 3.63) is 21.9 Å². The first-order valence-electron chi connectivity index (χ1n) is 6.79. The average Bonchev–Trinajstić information content (AvgIpc) is 2.75. The molecule has 3 N–H and O–H groups in total. The SMILES string of the molecule is CCCCCCCCC(NN)c1csc(C)c1. The molecular formula is C14H26N2S. The first-order valence-corrected chi connectivity index (χ1v) is 7.67. The Morgan fingerprint density at radius 1 is 1.24 bits per heavy atom. The van der Waals surface area contributed by atoms with Crippen LogP contribution >= 0.6 is 11.3 Å². The Bertz CT molecular complexity index is 296. The van der Waals surface area contributed by atoms with Crippen LogP contribution in [0.1, 0.15) is 68.4 Å². The predicted octanol–water partition coefficient (Wildman–Crippen LogP) is 4.31. The Balaban J connectivity index is 2.19. The van der Waals surface area contributed by atoms with Crippen molar-refractivity contribution in [2.24, 2.45) is 5.84 Å². The van der Waals surface area contributed by atoms with E-state index in [0.717, 1.165) is 6.42 Å².